The topological polar surface area (TPSA) is 55.3 Å². The van der Waals surface area contributed by atoms with E-state index in [9.17, 15) is 4.79 Å². The number of nitrogens with zero attached hydrogens (tertiary/aromatic N) is 3. The normalized spacial score (nSPS) is 10.2. The maximum absolute atomic E-state index is 12.2. The van der Waals surface area contributed by atoms with Gasteiger partial charge in [0.1, 0.15) is 11.4 Å². The molecule has 0 saturated heterocycles. The molecule has 1 heterocycles. The molecule has 0 aliphatic carbocycles. The van der Waals surface area contributed by atoms with Crippen LogP contribution >= 0.6 is 0 Å². The van der Waals surface area contributed by atoms with Gasteiger partial charge in [-0.1, -0.05) is 18.2 Å². The van der Waals surface area contributed by atoms with Crippen LogP contribution in [-0.2, 0) is 6.54 Å². The van der Waals surface area contributed by atoms with E-state index in [1.165, 1.54) is 6.20 Å². The number of para-hydroxylation sites is 1. The first-order valence-electron chi connectivity index (χ1n) is 6.28. The van der Waals surface area contributed by atoms with Gasteiger partial charge < -0.3 is 9.64 Å². The Labute approximate surface area is 118 Å². The molecule has 0 aliphatic rings. The lowest BCUT2D eigenvalue weighted by atomic mass is 10.2. The van der Waals surface area contributed by atoms with Gasteiger partial charge in [-0.05, 0) is 13.0 Å². The first-order valence-corrected chi connectivity index (χ1v) is 6.28. The van der Waals surface area contributed by atoms with Gasteiger partial charge in [-0.25, -0.2) is 4.98 Å². The molecular weight excluding hydrogens is 254 g/mol. The number of carbonyl (C=O) groups excluding carboxylic acids is 1. The predicted molar refractivity (Wildman–Crippen MR) is 75.6 cm³/mol. The van der Waals surface area contributed by atoms with Crippen molar-refractivity contribution in [1.82, 2.24) is 14.9 Å². The molecule has 104 valence electrons. The number of methoxy groups -OCH3 is 1. The number of rotatable bonds is 4. The highest BCUT2D eigenvalue weighted by molar-refractivity contribution is 5.91. The number of carbonyl (C=O) groups is 1. The van der Waals surface area contributed by atoms with Crippen molar-refractivity contribution in [2.45, 2.75) is 13.5 Å². The molecule has 2 rings (SSSR count). The van der Waals surface area contributed by atoms with E-state index < -0.39 is 0 Å². The highest BCUT2D eigenvalue weighted by atomic mass is 16.5. The summed E-state index contributed by atoms with van der Waals surface area (Å²) in [6, 6.07) is 7.63. The standard InChI is InChI=1S/C15H17N3O2/c1-11-8-17-13(9-16-11)15(19)18(2)10-12-6-4-5-7-14(12)20-3/h4-9H,10H2,1-3H3. The Morgan fingerprint density at radius 2 is 2.00 bits per heavy atom. The van der Waals surface area contributed by atoms with E-state index in [0.29, 0.717) is 12.2 Å². The Balaban J connectivity index is 2.13. The molecule has 0 N–H and O–H groups in total. The number of amides is 1. The van der Waals surface area contributed by atoms with Gasteiger partial charge in [-0.3, -0.25) is 9.78 Å². The summed E-state index contributed by atoms with van der Waals surface area (Å²) in [6.07, 6.45) is 3.08. The summed E-state index contributed by atoms with van der Waals surface area (Å²) in [5.41, 5.74) is 2.08. The zero-order chi connectivity index (χ0) is 14.5. The third kappa shape index (κ3) is 3.12. The molecule has 20 heavy (non-hydrogen) atoms. The molecule has 0 radical (unpaired) electrons. The second-order valence-corrected chi connectivity index (χ2v) is 4.52. The van der Waals surface area contributed by atoms with E-state index in [1.54, 1.807) is 25.3 Å². The summed E-state index contributed by atoms with van der Waals surface area (Å²) >= 11 is 0. The van der Waals surface area contributed by atoms with E-state index in [-0.39, 0.29) is 5.91 Å². The molecule has 1 amide bonds. The monoisotopic (exact) mass is 271 g/mol. The van der Waals surface area contributed by atoms with Gasteiger partial charge in [0.15, 0.2) is 0 Å². The Hall–Kier alpha value is -2.43. The van der Waals surface area contributed by atoms with Crippen LogP contribution in [0.2, 0.25) is 0 Å². The fourth-order valence-corrected chi connectivity index (χ4v) is 1.86. The highest BCUT2D eigenvalue weighted by Crippen LogP contribution is 2.19. The Kier molecular flexibility index (Phi) is 4.30. The average molecular weight is 271 g/mol. The minimum atomic E-state index is -0.164. The van der Waals surface area contributed by atoms with Crippen LogP contribution in [0, 0.1) is 6.92 Å². The maximum atomic E-state index is 12.2. The molecule has 0 spiro atoms. The largest absolute Gasteiger partial charge is 0.496 e. The van der Waals surface area contributed by atoms with Crippen molar-refractivity contribution in [3.8, 4) is 5.75 Å². The minimum absolute atomic E-state index is 0.164. The molecule has 2 aromatic rings. The first kappa shape index (κ1) is 14.0. The van der Waals surface area contributed by atoms with E-state index in [2.05, 4.69) is 9.97 Å². The number of ether oxygens (including phenoxy) is 1. The Morgan fingerprint density at radius 1 is 1.25 bits per heavy atom. The zero-order valence-electron chi connectivity index (χ0n) is 11.8. The van der Waals surface area contributed by atoms with E-state index in [4.69, 9.17) is 4.74 Å². The summed E-state index contributed by atoms with van der Waals surface area (Å²) < 4.78 is 5.28. The fourth-order valence-electron chi connectivity index (χ4n) is 1.86. The Morgan fingerprint density at radius 3 is 2.65 bits per heavy atom. The number of aromatic nitrogens is 2. The van der Waals surface area contributed by atoms with Crippen LogP contribution in [0.15, 0.2) is 36.7 Å². The average Bonchev–Trinajstić information content (AvgIpc) is 2.48. The minimum Gasteiger partial charge on any atom is -0.496 e. The van der Waals surface area contributed by atoms with Crippen molar-refractivity contribution in [3.63, 3.8) is 0 Å². The smallest absolute Gasteiger partial charge is 0.274 e. The number of benzene rings is 1. The second kappa shape index (κ2) is 6.14. The van der Waals surface area contributed by atoms with Crippen molar-refractivity contribution >= 4 is 5.91 Å². The van der Waals surface area contributed by atoms with Crippen molar-refractivity contribution in [2.24, 2.45) is 0 Å². The molecule has 0 saturated carbocycles. The number of aryl methyl sites for hydroxylation is 1. The number of hydrogen-bond donors (Lipinski definition) is 0. The SMILES string of the molecule is COc1ccccc1CN(C)C(=O)c1cnc(C)cn1. The van der Waals surface area contributed by atoms with Crippen molar-refractivity contribution in [1.29, 1.82) is 0 Å². The highest BCUT2D eigenvalue weighted by Gasteiger charge is 2.15. The lowest BCUT2D eigenvalue weighted by Crippen LogP contribution is -2.27. The summed E-state index contributed by atoms with van der Waals surface area (Å²) in [4.78, 5) is 22.0. The second-order valence-electron chi connectivity index (χ2n) is 4.52. The van der Waals surface area contributed by atoms with Crippen LogP contribution in [-0.4, -0.2) is 34.9 Å². The summed E-state index contributed by atoms with van der Waals surface area (Å²) in [6.45, 7) is 2.29. The maximum Gasteiger partial charge on any atom is 0.274 e. The predicted octanol–water partition coefficient (Wildman–Crippen LogP) is 2.07. The van der Waals surface area contributed by atoms with Gasteiger partial charge >= 0.3 is 0 Å². The van der Waals surface area contributed by atoms with Gasteiger partial charge in [-0.15, -0.1) is 0 Å². The van der Waals surface area contributed by atoms with Crippen molar-refractivity contribution in [3.05, 3.63) is 53.6 Å². The molecule has 0 bridgehead atoms. The van der Waals surface area contributed by atoms with Crippen LogP contribution in [0.3, 0.4) is 0 Å². The van der Waals surface area contributed by atoms with Crippen molar-refractivity contribution in [2.75, 3.05) is 14.2 Å². The molecule has 0 unspecified atom stereocenters. The van der Waals surface area contributed by atoms with Crippen LogP contribution in [0.4, 0.5) is 0 Å². The molecule has 0 fully saturated rings. The van der Waals surface area contributed by atoms with E-state index in [1.807, 2.05) is 31.2 Å². The lowest BCUT2D eigenvalue weighted by Gasteiger charge is -2.18. The van der Waals surface area contributed by atoms with Gasteiger partial charge in [0, 0.05) is 25.4 Å². The fraction of sp³-hybridized carbons (Fsp3) is 0.267. The molecule has 0 aliphatic heterocycles. The van der Waals surface area contributed by atoms with Crippen LogP contribution in [0.1, 0.15) is 21.7 Å². The summed E-state index contributed by atoms with van der Waals surface area (Å²) in [5, 5.41) is 0. The molecular formula is C15H17N3O2. The third-order valence-corrected chi connectivity index (χ3v) is 2.95. The molecule has 5 heteroatoms. The van der Waals surface area contributed by atoms with Crippen LogP contribution < -0.4 is 4.74 Å². The molecule has 5 nitrogen and oxygen atoms in total. The molecule has 1 aromatic carbocycles. The van der Waals surface area contributed by atoms with Crippen LogP contribution in [0.25, 0.3) is 0 Å². The van der Waals surface area contributed by atoms with Gasteiger partial charge in [0.25, 0.3) is 5.91 Å². The third-order valence-electron chi connectivity index (χ3n) is 2.95. The first-order chi connectivity index (χ1) is 9.61. The van der Waals surface area contributed by atoms with Gasteiger partial charge in [-0.2, -0.15) is 0 Å². The van der Waals surface area contributed by atoms with E-state index >= 15 is 0 Å². The lowest BCUT2D eigenvalue weighted by molar-refractivity contribution is 0.0778. The number of hydrogen-bond acceptors (Lipinski definition) is 4. The van der Waals surface area contributed by atoms with Crippen LogP contribution in [0.5, 0.6) is 5.75 Å². The molecule has 0 atom stereocenters. The van der Waals surface area contributed by atoms with Gasteiger partial charge in [0.05, 0.1) is 19.0 Å². The summed E-state index contributed by atoms with van der Waals surface area (Å²) in [7, 11) is 3.35. The molecule has 1 aromatic heterocycles. The van der Waals surface area contributed by atoms with Crippen molar-refractivity contribution < 1.29 is 9.53 Å². The quantitative estimate of drug-likeness (QED) is 0.854. The van der Waals surface area contributed by atoms with E-state index in [0.717, 1.165) is 17.0 Å². The summed E-state index contributed by atoms with van der Waals surface area (Å²) in [5.74, 6) is 0.602. The Bertz CT molecular complexity index is 596. The zero-order valence-corrected chi connectivity index (χ0v) is 11.8. The van der Waals surface area contributed by atoms with Gasteiger partial charge in [0.2, 0.25) is 0 Å².